The van der Waals surface area contributed by atoms with Crippen LogP contribution in [0.5, 0.6) is 0 Å². The third-order valence-electron chi connectivity index (χ3n) is 4.23. The van der Waals surface area contributed by atoms with Gasteiger partial charge in [0.05, 0.1) is 4.90 Å². The first kappa shape index (κ1) is 20.2. The second-order valence-electron chi connectivity index (χ2n) is 7.32. The molecule has 2 aromatic heterocycles. The van der Waals surface area contributed by atoms with Gasteiger partial charge in [-0.25, -0.2) is 13.4 Å². The Morgan fingerprint density at radius 2 is 1.86 bits per heavy atom. The van der Waals surface area contributed by atoms with Crippen molar-refractivity contribution in [3.8, 4) is 11.6 Å². The van der Waals surface area contributed by atoms with Gasteiger partial charge >= 0.3 is 0 Å². The Kier molecular flexibility index (Phi) is 5.90. The number of H-pyrrole nitrogens is 1. The van der Waals surface area contributed by atoms with Crippen LogP contribution in [0.1, 0.15) is 57.5 Å². The van der Waals surface area contributed by atoms with Gasteiger partial charge in [-0.2, -0.15) is 14.8 Å². The van der Waals surface area contributed by atoms with Gasteiger partial charge < -0.3 is 4.52 Å². The zero-order valence-electron chi connectivity index (χ0n) is 16.2. The highest BCUT2D eigenvalue weighted by Gasteiger charge is 2.27. The number of rotatable bonds is 8. The minimum Gasteiger partial charge on any atom is -0.337 e. The Bertz CT molecular complexity index is 994. The molecule has 3 rings (SSSR count). The molecule has 2 N–H and O–H groups in total. The summed E-state index contributed by atoms with van der Waals surface area (Å²) in [4.78, 5) is 8.45. The molecule has 0 aliphatic heterocycles. The van der Waals surface area contributed by atoms with E-state index in [1.54, 1.807) is 12.1 Å². The summed E-state index contributed by atoms with van der Waals surface area (Å²) in [5.41, 5.74) is 1.08. The molecule has 28 heavy (non-hydrogen) atoms. The number of sulfonamides is 1. The van der Waals surface area contributed by atoms with Gasteiger partial charge in [0.2, 0.25) is 21.7 Å². The molecular weight excluding hydrogens is 380 g/mol. The molecule has 0 radical (unpaired) electrons. The van der Waals surface area contributed by atoms with E-state index in [1.165, 1.54) is 6.33 Å². The van der Waals surface area contributed by atoms with Crippen molar-refractivity contribution in [1.82, 2.24) is 30.0 Å². The highest BCUT2D eigenvalue weighted by Crippen LogP contribution is 2.25. The van der Waals surface area contributed by atoms with Crippen molar-refractivity contribution < 1.29 is 12.9 Å². The third-order valence-corrected chi connectivity index (χ3v) is 5.72. The van der Waals surface area contributed by atoms with Crippen LogP contribution in [0.4, 0.5) is 0 Å². The van der Waals surface area contributed by atoms with Crippen LogP contribution in [0.15, 0.2) is 40.0 Å². The molecule has 0 fully saturated rings. The Morgan fingerprint density at radius 1 is 1.14 bits per heavy atom. The lowest BCUT2D eigenvalue weighted by molar-refractivity contribution is 0.323. The number of benzene rings is 1. The van der Waals surface area contributed by atoms with Gasteiger partial charge in [0.15, 0.2) is 5.82 Å². The van der Waals surface area contributed by atoms with Crippen LogP contribution in [0.3, 0.4) is 0 Å². The summed E-state index contributed by atoms with van der Waals surface area (Å²) in [7, 11) is -3.75. The summed E-state index contributed by atoms with van der Waals surface area (Å²) in [6.07, 6.45) is 1.84. The first-order chi connectivity index (χ1) is 13.3. The van der Waals surface area contributed by atoms with Crippen molar-refractivity contribution in [2.45, 2.75) is 51.0 Å². The lowest BCUT2D eigenvalue weighted by atomic mass is 10.0. The molecule has 10 heteroatoms. The lowest BCUT2D eigenvalue weighted by Crippen LogP contribution is -2.30. The topological polar surface area (TPSA) is 127 Å². The molecule has 1 aromatic carbocycles. The monoisotopic (exact) mass is 404 g/mol. The zero-order valence-corrected chi connectivity index (χ0v) is 17.1. The van der Waals surface area contributed by atoms with Crippen molar-refractivity contribution in [2.24, 2.45) is 5.92 Å². The van der Waals surface area contributed by atoms with E-state index in [0.29, 0.717) is 18.2 Å². The van der Waals surface area contributed by atoms with Gasteiger partial charge in [-0.15, -0.1) is 0 Å². The number of aromatic amines is 1. The van der Waals surface area contributed by atoms with E-state index in [-0.39, 0.29) is 22.5 Å². The molecule has 0 aliphatic carbocycles. The van der Waals surface area contributed by atoms with Crippen LogP contribution >= 0.6 is 0 Å². The molecule has 0 bridgehead atoms. The Balaban J connectivity index is 1.85. The molecule has 150 valence electrons. The molecular formula is C18H24N6O3S. The number of nitrogens with one attached hydrogen (secondary N) is 2. The Labute approximate surface area is 164 Å². The molecule has 0 aliphatic rings. The SMILES string of the molecule is CC(C)CC(NS(=O)(=O)c1ccc(C(C)C)cc1)c1nc(-c2ncn[nH]2)no1. The summed E-state index contributed by atoms with van der Waals surface area (Å²) in [6.45, 7) is 8.10. The summed E-state index contributed by atoms with van der Waals surface area (Å²) in [5.74, 6) is 1.29. The van der Waals surface area contributed by atoms with Crippen LogP contribution in [0.2, 0.25) is 0 Å². The molecule has 1 unspecified atom stereocenters. The van der Waals surface area contributed by atoms with Gasteiger partial charge in [-0.3, -0.25) is 5.10 Å². The van der Waals surface area contributed by atoms with Gasteiger partial charge in [-0.1, -0.05) is 45.0 Å². The van der Waals surface area contributed by atoms with E-state index in [2.05, 4.69) is 43.9 Å². The maximum Gasteiger partial charge on any atom is 0.245 e. The minimum atomic E-state index is -3.75. The average Bonchev–Trinajstić information content (AvgIpc) is 3.32. The van der Waals surface area contributed by atoms with Gasteiger partial charge in [-0.05, 0) is 36.0 Å². The fraction of sp³-hybridized carbons (Fsp3) is 0.444. The number of aromatic nitrogens is 5. The normalized spacial score (nSPS) is 13.4. The standard InChI is InChI=1S/C18H24N6O3S/c1-11(2)9-15(18-21-17(23-27-18)16-19-10-20-22-16)24-28(25,26)14-7-5-13(6-8-14)12(3)4/h5-8,10-12,15,24H,9H2,1-4H3,(H,19,20,22). The molecule has 0 spiro atoms. The molecule has 1 atom stereocenters. The van der Waals surface area contributed by atoms with E-state index >= 15 is 0 Å². The Hall–Kier alpha value is -2.59. The van der Waals surface area contributed by atoms with Crippen LogP contribution in [0.25, 0.3) is 11.6 Å². The van der Waals surface area contributed by atoms with Gasteiger partial charge in [0.1, 0.15) is 12.4 Å². The first-order valence-corrected chi connectivity index (χ1v) is 10.6. The smallest absolute Gasteiger partial charge is 0.245 e. The first-order valence-electron chi connectivity index (χ1n) is 9.08. The van der Waals surface area contributed by atoms with E-state index < -0.39 is 16.1 Å². The van der Waals surface area contributed by atoms with Gasteiger partial charge in [0.25, 0.3) is 0 Å². The van der Waals surface area contributed by atoms with Crippen LogP contribution < -0.4 is 4.72 Å². The zero-order chi connectivity index (χ0) is 20.3. The van der Waals surface area contributed by atoms with Crippen molar-refractivity contribution in [3.05, 3.63) is 42.0 Å². The summed E-state index contributed by atoms with van der Waals surface area (Å²) in [5, 5.41) is 10.3. The molecule has 0 amide bonds. The van der Waals surface area contributed by atoms with E-state index in [9.17, 15) is 8.42 Å². The van der Waals surface area contributed by atoms with Crippen molar-refractivity contribution in [1.29, 1.82) is 0 Å². The maximum atomic E-state index is 12.9. The van der Waals surface area contributed by atoms with E-state index in [0.717, 1.165) is 5.56 Å². The number of hydrogen-bond acceptors (Lipinski definition) is 7. The third kappa shape index (κ3) is 4.63. The van der Waals surface area contributed by atoms with E-state index in [4.69, 9.17) is 4.52 Å². The highest BCUT2D eigenvalue weighted by atomic mass is 32.2. The van der Waals surface area contributed by atoms with Crippen LogP contribution in [-0.2, 0) is 10.0 Å². The summed E-state index contributed by atoms with van der Waals surface area (Å²) in [6, 6.07) is 6.21. The van der Waals surface area contributed by atoms with Crippen molar-refractivity contribution in [3.63, 3.8) is 0 Å². The molecule has 2 heterocycles. The van der Waals surface area contributed by atoms with Crippen LogP contribution in [-0.4, -0.2) is 33.7 Å². The molecule has 0 saturated carbocycles. The fourth-order valence-electron chi connectivity index (χ4n) is 2.74. The summed E-state index contributed by atoms with van der Waals surface area (Å²) < 4.78 is 33.8. The van der Waals surface area contributed by atoms with Gasteiger partial charge in [0, 0.05) is 0 Å². The second-order valence-corrected chi connectivity index (χ2v) is 9.03. The van der Waals surface area contributed by atoms with Crippen molar-refractivity contribution >= 4 is 10.0 Å². The maximum absolute atomic E-state index is 12.9. The fourth-order valence-corrected chi connectivity index (χ4v) is 3.95. The molecule has 0 saturated heterocycles. The molecule has 9 nitrogen and oxygen atoms in total. The molecule has 3 aromatic rings. The van der Waals surface area contributed by atoms with Crippen molar-refractivity contribution in [2.75, 3.05) is 0 Å². The number of nitrogens with zero attached hydrogens (tertiary/aromatic N) is 4. The largest absolute Gasteiger partial charge is 0.337 e. The predicted molar refractivity (Wildman–Crippen MR) is 103 cm³/mol. The second kappa shape index (κ2) is 8.19. The highest BCUT2D eigenvalue weighted by molar-refractivity contribution is 7.89. The quantitative estimate of drug-likeness (QED) is 0.591. The minimum absolute atomic E-state index is 0.183. The number of hydrogen-bond donors (Lipinski definition) is 2. The van der Waals surface area contributed by atoms with E-state index in [1.807, 2.05) is 26.0 Å². The van der Waals surface area contributed by atoms with Crippen LogP contribution in [0, 0.1) is 5.92 Å². The average molecular weight is 404 g/mol. The lowest BCUT2D eigenvalue weighted by Gasteiger charge is -2.17. The Morgan fingerprint density at radius 3 is 2.43 bits per heavy atom. The predicted octanol–water partition coefficient (Wildman–Crippen LogP) is 3.04. The summed E-state index contributed by atoms with van der Waals surface area (Å²) >= 11 is 0.